The lowest BCUT2D eigenvalue weighted by molar-refractivity contribution is -0.144. The van der Waals surface area contributed by atoms with Gasteiger partial charge >= 0.3 is 5.97 Å². The van der Waals surface area contributed by atoms with Gasteiger partial charge in [0.05, 0.1) is 6.10 Å². The Labute approximate surface area is 204 Å². The van der Waals surface area contributed by atoms with Crippen molar-refractivity contribution in [3.63, 3.8) is 0 Å². The first-order valence-corrected chi connectivity index (χ1v) is 11.5. The summed E-state index contributed by atoms with van der Waals surface area (Å²) < 4.78 is 0. The van der Waals surface area contributed by atoms with Gasteiger partial charge < -0.3 is 48.7 Å². The average molecular weight is 499 g/mol. The molecule has 35 heavy (non-hydrogen) atoms. The van der Waals surface area contributed by atoms with Gasteiger partial charge in [-0.15, -0.1) is 0 Å². The van der Waals surface area contributed by atoms with Crippen LogP contribution in [-0.4, -0.2) is 94.7 Å². The Kier molecular flexibility index (Phi) is 12.7. The zero-order valence-corrected chi connectivity index (χ0v) is 19.9. The molecule has 14 heteroatoms. The molecule has 1 aliphatic rings. The van der Waals surface area contributed by atoms with Crippen LogP contribution in [0.5, 0.6) is 0 Å². The molecule has 0 bridgehead atoms. The van der Waals surface area contributed by atoms with E-state index in [1.165, 1.54) is 17.9 Å². The standard InChI is InChI=1S/C21H38N8O6/c1-12(30)16(23)18(32)27-13(6-2-3-9-22)19(33)29-11-5-8-15(29)17(31)28-14(20(34)35)7-4-10-26-21(24)25/h5,8,12-16,30H,2-4,6-7,9-11,22-23H2,1H3,(H,27,32)(H,28,31)(H,34,35)(H4,24,25,26)/t12-,13+,14+,15-,16-/m0/s1. The summed E-state index contributed by atoms with van der Waals surface area (Å²) in [4.78, 5) is 55.2. The number of nitrogens with one attached hydrogen (secondary N) is 2. The van der Waals surface area contributed by atoms with Crippen LogP contribution in [0.3, 0.4) is 0 Å². The Morgan fingerprint density at radius 2 is 1.77 bits per heavy atom. The summed E-state index contributed by atoms with van der Waals surface area (Å²) in [5.41, 5.74) is 21.7. The van der Waals surface area contributed by atoms with Gasteiger partial charge in [0.1, 0.15) is 24.2 Å². The van der Waals surface area contributed by atoms with Crippen LogP contribution < -0.4 is 33.6 Å². The molecule has 1 aliphatic heterocycles. The second-order valence-corrected chi connectivity index (χ2v) is 8.32. The number of carbonyl (C=O) groups excluding carboxylic acids is 3. The normalized spacial score (nSPS) is 18.3. The smallest absolute Gasteiger partial charge is 0.326 e. The fraction of sp³-hybridized carbons (Fsp3) is 0.667. The van der Waals surface area contributed by atoms with Gasteiger partial charge in [-0.2, -0.15) is 0 Å². The minimum absolute atomic E-state index is 0.0806. The fourth-order valence-corrected chi connectivity index (χ4v) is 3.43. The fourth-order valence-electron chi connectivity index (χ4n) is 3.43. The second-order valence-electron chi connectivity index (χ2n) is 8.32. The van der Waals surface area contributed by atoms with Gasteiger partial charge in [0.15, 0.2) is 5.96 Å². The van der Waals surface area contributed by atoms with E-state index in [2.05, 4.69) is 15.6 Å². The first-order valence-electron chi connectivity index (χ1n) is 11.5. The van der Waals surface area contributed by atoms with E-state index in [1.54, 1.807) is 6.08 Å². The summed E-state index contributed by atoms with van der Waals surface area (Å²) in [7, 11) is 0. The number of unbranched alkanes of at least 4 members (excludes halogenated alkanes) is 1. The lowest BCUT2D eigenvalue weighted by Gasteiger charge is -2.30. The van der Waals surface area contributed by atoms with Crippen LogP contribution in [0.2, 0.25) is 0 Å². The molecule has 0 radical (unpaired) electrons. The van der Waals surface area contributed by atoms with Crippen molar-refractivity contribution in [1.29, 1.82) is 0 Å². The number of rotatable bonds is 15. The highest BCUT2D eigenvalue weighted by molar-refractivity contribution is 5.95. The quantitative estimate of drug-likeness (QED) is 0.0483. The maximum Gasteiger partial charge on any atom is 0.326 e. The number of carboxylic acid groups (broad SMARTS) is 1. The number of aliphatic imine (C=N–C) groups is 1. The maximum atomic E-state index is 13.3. The highest BCUT2D eigenvalue weighted by Gasteiger charge is 2.36. The van der Waals surface area contributed by atoms with Crippen LogP contribution in [0.25, 0.3) is 0 Å². The summed E-state index contributed by atoms with van der Waals surface area (Å²) in [6.45, 7) is 2.06. The van der Waals surface area contributed by atoms with Crippen molar-refractivity contribution >= 4 is 29.7 Å². The largest absolute Gasteiger partial charge is 0.480 e. The van der Waals surface area contributed by atoms with Gasteiger partial charge in [-0.25, -0.2) is 4.79 Å². The van der Waals surface area contributed by atoms with Crippen molar-refractivity contribution in [2.75, 3.05) is 19.6 Å². The van der Waals surface area contributed by atoms with E-state index < -0.39 is 54.0 Å². The Balaban J connectivity index is 2.90. The topological polar surface area (TPSA) is 252 Å². The van der Waals surface area contributed by atoms with Crippen LogP contribution in [0.4, 0.5) is 0 Å². The van der Waals surface area contributed by atoms with Gasteiger partial charge in [-0.3, -0.25) is 19.4 Å². The first-order chi connectivity index (χ1) is 16.5. The molecule has 3 amide bonds. The highest BCUT2D eigenvalue weighted by atomic mass is 16.4. The molecular weight excluding hydrogens is 460 g/mol. The minimum atomic E-state index is -1.23. The number of aliphatic carboxylic acids is 1. The van der Waals surface area contributed by atoms with Gasteiger partial charge in [0, 0.05) is 13.1 Å². The molecule has 0 unspecified atom stereocenters. The summed E-state index contributed by atoms with van der Waals surface area (Å²) in [6, 6.07) is -4.48. The molecule has 1 heterocycles. The lowest BCUT2D eigenvalue weighted by Crippen LogP contribution is -2.58. The zero-order chi connectivity index (χ0) is 26.5. The van der Waals surface area contributed by atoms with E-state index in [1.807, 2.05) is 0 Å². The SMILES string of the molecule is C[C@H](O)[C@H](N)C(=O)N[C@H](CCCCN)C(=O)N1CC=C[C@H]1C(=O)N[C@H](CCCN=C(N)N)C(=O)O. The number of carboxylic acids is 1. The highest BCUT2D eigenvalue weighted by Crippen LogP contribution is 2.15. The number of nitrogens with two attached hydrogens (primary N) is 4. The van der Waals surface area contributed by atoms with E-state index in [9.17, 15) is 29.4 Å². The molecule has 0 fully saturated rings. The van der Waals surface area contributed by atoms with Crippen LogP contribution in [0, 0.1) is 0 Å². The number of aliphatic hydroxyl groups excluding tert-OH is 1. The third-order valence-corrected chi connectivity index (χ3v) is 5.45. The molecule has 1 rings (SSSR count). The van der Waals surface area contributed by atoms with Gasteiger partial charge in [-0.05, 0) is 45.6 Å². The van der Waals surface area contributed by atoms with E-state index >= 15 is 0 Å². The first kappa shape index (κ1) is 29.8. The van der Waals surface area contributed by atoms with Crippen molar-refractivity contribution in [2.45, 2.75) is 69.3 Å². The third-order valence-electron chi connectivity index (χ3n) is 5.45. The zero-order valence-electron chi connectivity index (χ0n) is 19.9. The Morgan fingerprint density at radius 1 is 1.11 bits per heavy atom. The van der Waals surface area contributed by atoms with E-state index in [4.69, 9.17) is 22.9 Å². The predicted octanol–water partition coefficient (Wildman–Crippen LogP) is -3.30. The predicted molar refractivity (Wildman–Crippen MR) is 129 cm³/mol. The van der Waals surface area contributed by atoms with Crippen molar-refractivity contribution in [3.8, 4) is 0 Å². The minimum Gasteiger partial charge on any atom is -0.480 e. The van der Waals surface area contributed by atoms with Crippen molar-refractivity contribution < 1.29 is 29.4 Å². The van der Waals surface area contributed by atoms with Crippen molar-refractivity contribution in [2.24, 2.45) is 27.9 Å². The summed E-state index contributed by atoms with van der Waals surface area (Å²) in [5.74, 6) is -3.26. The molecule has 0 saturated heterocycles. The average Bonchev–Trinajstić information content (AvgIpc) is 3.29. The van der Waals surface area contributed by atoms with Gasteiger partial charge in [0.25, 0.3) is 0 Å². The van der Waals surface area contributed by atoms with E-state index in [-0.39, 0.29) is 31.9 Å². The number of amides is 3. The molecule has 0 spiro atoms. The summed E-state index contributed by atoms with van der Waals surface area (Å²) in [6.07, 6.45) is 3.77. The van der Waals surface area contributed by atoms with Crippen LogP contribution in [-0.2, 0) is 19.2 Å². The number of hydrogen-bond donors (Lipinski definition) is 8. The maximum absolute atomic E-state index is 13.3. The lowest BCUT2D eigenvalue weighted by atomic mass is 10.1. The van der Waals surface area contributed by atoms with Crippen LogP contribution in [0.1, 0.15) is 39.0 Å². The van der Waals surface area contributed by atoms with Crippen molar-refractivity contribution in [3.05, 3.63) is 12.2 Å². The molecule has 0 saturated carbocycles. The molecular formula is C21H38N8O6. The monoisotopic (exact) mass is 498 g/mol. The van der Waals surface area contributed by atoms with Gasteiger partial charge in [0.2, 0.25) is 17.7 Å². The molecule has 5 atom stereocenters. The number of aliphatic hydroxyl groups is 1. The van der Waals surface area contributed by atoms with Gasteiger partial charge in [-0.1, -0.05) is 12.2 Å². The summed E-state index contributed by atoms with van der Waals surface area (Å²) >= 11 is 0. The third kappa shape index (κ3) is 9.88. The van der Waals surface area contributed by atoms with Crippen molar-refractivity contribution in [1.82, 2.24) is 15.5 Å². The van der Waals surface area contributed by atoms with Crippen LogP contribution >= 0.6 is 0 Å². The Hall–Kier alpha value is -3.23. The molecule has 198 valence electrons. The number of carbonyl (C=O) groups is 4. The molecule has 0 aromatic carbocycles. The Bertz CT molecular complexity index is 799. The van der Waals surface area contributed by atoms with E-state index in [0.717, 1.165) is 0 Å². The molecule has 14 nitrogen and oxygen atoms in total. The van der Waals surface area contributed by atoms with Crippen LogP contribution in [0.15, 0.2) is 17.1 Å². The number of guanidine groups is 1. The second kappa shape index (κ2) is 14.9. The number of nitrogens with zero attached hydrogens (tertiary/aromatic N) is 2. The molecule has 0 aliphatic carbocycles. The molecule has 0 aromatic rings. The number of hydrogen-bond acceptors (Lipinski definition) is 8. The summed E-state index contributed by atoms with van der Waals surface area (Å²) in [5, 5.41) is 24.1. The molecule has 0 aromatic heterocycles. The molecule has 12 N–H and O–H groups in total. The Morgan fingerprint density at radius 3 is 2.34 bits per heavy atom. The van der Waals surface area contributed by atoms with E-state index in [0.29, 0.717) is 25.8 Å².